The van der Waals surface area contributed by atoms with Gasteiger partial charge in [-0.05, 0) is 20.8 Å². The van der Waals surface area contributed by atoms with Crippen LogP contribution in [0.2, 0.25) is 0 Å². The van der Waals surface area contributed by atoms with Crippen molar-refractivity contribution >= 4 is 10.0 Å². The third kappa shape index (κ3) is 3.52. The number of sulfonamides is 1. The lowest BCUT2D eigenvalue weighted by Gasteiger charge is -2.19. The molecule has 0 spiro atoms. The molecule has 8 heteroatoms. The maximum Gasteiger partial charge on any atom is 0.259 e. The summed E-state index contributed by atoms with van der Waals surface area (Å²) in [6.45, 7) is 4.76. The van der Waals surface area contributed by atoms with Gasteiger partial charge >= 0.3 is 0 Å². The van der Waals surface area contributed by atoms with Crippen molar-refractivity contribution in [2.45, 2.75) is 37.9 Å². The molecule has 0 amide bonds. The topological polar surface area (TPSA) is 104 Å². The standard InChI is InChI=1S/C10H19N3O4S/c1-4-13-5-9(12-8(13)2)18(16,17)11-6-10(3,15)7-14/h5,11,14-15H,4,6-7H2,1-3H3. The average Bonchev–Trinajstić information content (AvgIpc) is 2.69. The molecule has 0 aliphatic carbocycles. The number of aromatic nitrogens is 2. The summed E-state index contributed by atoms with van der Waals surface area (Å²) < 4.78 is 27.7. The molecule has 3 N–H and O–H groups in total. The van der Waals surface area contributed by atoms with E-state index >= 15 is 0 Å². The van der Waals surface area contributed by atoms with Crippen LogP contribution in [-0.4, -0.2) is 46.9 Å². The Balaban J connectivity index is 2.86. The van der Waals surface area contributed by atoms with Gasteiger partial charge in [0.1, 0.15) is 5.82 Å². The number of aliphatic hydroxyl groups is 2. The van der Waals surface area contributed by atoms with Crippen molar-refractivity contribution < 1.29 is 18.6 Å². The lowest BCUT2D eigenvalue weighted by molar-refractivity contribution is 0.00680. The van der Waals surface area contributed by atoms with Crippen molar-refractivity contribution in [3.05, 3.63) is 12.0 Å². The van der Waals surface area contributed by atoms with Gasteiger partial charge in [0.15, 0.2) is 5.03 Å². The minimum Gasteiger partial charge on any atom is -0.393 e. The fourth-order valence-corrected chi connectivity index (χ4v) is 2.48. The number of nitrogens with one attached hydrogen (secondary N) is 1. The number of hydrogen-bond acceptors (Lipinski definition) is 5. The first-order valence-corrected chi connectivity index (χ1v) is 7.07. The smallest absolute Gasteiger partial charge is 0.259 e. The molecule has 0 saturated heterocycles. The van der Waals surface area contributed by atoms with E-state index in [2.05, 4.69) is 9.71 Å². The zero-order valence-corrected chi connectivity index (χ0v) is 11.5. The molecule has 1 atom stereocenters. The molecule has 1 aromatic heterocycles. The second-order valence-corrected chi connectivity index (χ2v) is 6.11. The van der Waals surface area contributed by atoms with Gasteiger partial charge in [-0.2, -0.15) is 0 Å². The predicted octanol–water partition coefficient (Wildman–Crippen LogP) is -0.767. The van der Waals surface area contributed by atoms with E-state index in [1.807, 2.05) is 6.92 Å². The fourth-order valence-electron chi connectivity index (χ4n) is 1.31. The summed E-state index contributed by atoms with van der Waals surface area (Å²) >= 11 is 0. The zero-order chi connectivity index (χ0) is 14.0. The van der Waals surface area contributed by atoms with E-state index in [9.17, 15) is 13.5 Å². The summed E-state index contributed by atoms with van der Waals surface area (Å²) in [7, 11) is -3.77. The van der Waals surface area contributed by atoms with Crippen LogP contribution < -0.4 is 4.72 Å². The van der Waals surface area contributed by atoms with Gasteiger partial charge in [0.2, 0.25) is 0 Å². The first kappa shape index (κ1) is 15.1. The van der Waals surface area contributed by atoms with E-state index in [1.165, 1.54) is 13.1 Å². The summed E-state index contributed by atoms with van der Waals surface area (Å²) in [5.74, 6) is 0.604. The van der Waals surface area contributed by atoms with Crippen molar-refractivity contribution in [3.63, 3.8) is 0 Å². The van der Waals surface area contributed by atoms with Crippen LogP contribution >= 0.6 is 0 Å². The molecular weight excluding hydrogens is 258 g/mol. The third-order valence-corrected chi connectivity index (χ3v) is 3.83. The van der Waals surface area contributed by atoms with Gasteiger partial charge in [0.05, 0.1) is 12.2 Å². The van der Waals surface area contributed by atoms with Gasteiger partial charge in [-0.15, -0.1) is 0 Å². The monoisotopic (exact) mass is 277 g/mol. The van der Waals surface area contributed by atoms with E-state index in [0.717, 1.165) is 0 Å². The molecule has 1 heterocycles. The van der Waals surface area contributed by atoms with Crippen LogP contribution in [0.25, 0.3) is 0 Å². The van der Waals surface area contributed by atoms with Crippen LogP contribution in [0.4, 0.5) is 0 Å². The number of hydrogen-bond donors (Lipinski definition) is 3. The second-order valence-electron chi connectivity index (χ2n) is 4.39. The molecule has 0 aromatic carbocycles. The van der Waals surface area contributed by atoms with E-state index in [-0.39, 0.29) is 11.6 Å². The van der Waals surface area contributed by atoms with Gasteiger partial charge in [-0.1, -0.05) is 0 Å². The number of rotatable bonds is 6. The summed E-state index contributed by atoms with van der Waals surface area (Å²) in [4.78, 5) is 3.95. The van der Waals surface area contributed by atoms with Crippen LogP contribution in [0.1, 0.15) is 19.7 Å². The van der Waals surface area contributed by atoms with Crippen molar-refractivity contribution in [2.24, 2.45) is 0 Å². The molecule has 104 valence electrons. The van der Waals surface area contributed by atoms with Gasteiger partial charge in [0, 0.05) is 19.3 Å². The van der Waals surface area contributed by atoms with Crippen LogP contribution in [0.3, 0.4) is 0 Å². The number of aliphatic hydroxyl groups excluding tert-OH is 1. The molecule has 0 saturated carbocycles. The highest BCUT2D eigenvalue weighted by Crippen LogP contribution is 2.10. The second kappa shape index (κ2) is 5.35. The lowest BCUT2D eigenvalue weighted by atomic mass is 10.1. The summed E-state index contributed by atoms with van der Waals surface area (Å²) in [6, 6.07) is 0. The van der Waals surface area contributed by atoms with Crippen molar-refractivity contribution in [2.75, 3.05) is 13.2 Å². The van der Waals surface area contributed by atoms with Crippen LogP contribution in [-0.2, 0) is 16.6 Å². The zero-order valence-electron chi connectivity index (χ0n) is 10.7. The molecule has 1 unspecified atom stereocenters. The number of aryl methyl sites for hydroxylation is 2. The molecule has 1 rings (SSSR count). The van der Waals surface area contributed by atoms with Crippen molar-refractivity contribution in [3.8, 4) is 0 Å². The lowest BCUT2D eigenvalue weighted by Crippen LogP contribution is -2.43. The van der Waals surface area contributed by atoms with E-state index in [0.29, 0.717) is 12.4 Å². The molecule has 7 nitrogen and oxygen atoms in total. The third-order valence-electron chi connectivity index (χ3n) is 2.55. The van der Waals surface area contributed by atoms with Crippen LogP contribution in [0.15, 0.2) is 11.2 Å². The average molecular weight is 277 g/mol. The Kier molecular flexibility index (Phi) is 4.49. The normalized spacial score (nSPS) is 15.6. The molecule has 18 heavy (non-hydrogen) atoms. The predicted molar refractivity (Wildman–Crippen MR) is 65.5 cm³/mol. The molecular formula is C10H19N3O4S. The van der Waals surface area contributed by atoms with E-state index in [4.69, 9.17) is 5.11 Å². The van der Waals surface area contributed by atoms with Crippen molar-refractivity contribution in [1.29, 1.82) is 0 Å². The Morgan fingerprint density at radius 2 is 2.17 bits per heavy atom. The Morgan fingerprint density at radius 1 is 1.56 bits per heavy atom. The van der Waals surface area contributed by atoms with E-state index < -0.39 is 22.2 Å². The summed E-state index contributed by atoms with van der Waals surface area (Å²) in [5.41, 5.74) is -1.49. The Bertz CT molecular complexity index is 507. The first-order valence-electron chi connectivity index (χ1n) is 5.58. The maximum absolute atomic E-state index is 11.9. The van der Waals surface area contributed by atoms with Crippen LogP contribution in [0.5, 0.6) is 0 Å². The van der Waals surface area contributed by atoms with Gasteiger partial charge < -0.3 is 14.8 Å². The van der Waals surface area contributed by atoms with Gasteiger partial charge in [-0.3, -0.25) is 0 Å². The molecule has 0 aliphatic rings. The van der Waals surface area contributed by atoms with Gasteiger partial charge in [0.25, 0.3) is 10.0 Å². The molecule has 0 fully saturated rings. The Hall–Kier alpha value is -0.960. The summed E-state index contributed by atoms with van der Waals surface area (Å²) in [6.07, 6.45) is 1.44. The molecule has 0 radical (unpaired) electrons. The number of nitrogens with zero attached hydrogens (tertiary/aromatic N) is 2. The molecule has 1 aromatic rings. The minimum atomic E-state index is -3.77. The summed E-state index contributed by atoms with van der Waals surface area (Å²) in [5, 5.41) is 18.3. The highest BCUT2D eigenvalue weighted by atomic mass is 32.2. The quantitative estimate of drug-likeness (QED) is 0.633. The Labute approximate surface area is 107 Å². The molecule has 0 aliphatic heterocycles. The first-order chi connectivity index (χ1) is 8.22. The SMILES string of the molecule is CCn1cc(S(=O)(=O)NCC(C)(O)CO)nc1C. The van der Waals surface area contributed by atoms with Crippen molar-refractivity contribution in [1.82, 2.24) is 14.3 Å². The highest BCUT2D eigenvalue weighted by Gasteiger charge is 2.25. The van der Waals surface area contributed by atoms with Gasteiger partial charge in [-0.25, -0.2) is 18.1 Å². The highest BCUT2D eigenvalue weighted by molar-refractivity contribution is 7.89. The molecule has 0 bridgehead atoms. The van der Waals surface area contributed by atoms with E-state index in [1.54, 1.807) is 11.5 Å². The maximum atomic E-state index is 11.9. The fraction of sp³-hybridized carbons (Fsp3) is 0.700. The van der Waals surface area contributed by atoms with Crippen LogP contribution in [0, 0.1) is 6.92 Å². The number of imidazole rings is 1. The Morgan fingerprint density at radius 3 is 2.61 bits per heavy atom. The largest absolute Gasteiger partial charge is 0.393 e. The minimum absolute atomic E-state index is 0.0874.